The average Bonchev–Trinajstić information content (AvgIpc) is 2.48. The van der Waals surface area contributed by atoms with Gasteiger partial charge in [0.1, 0.15) is 5.75 Å². The number of ether oxygens (including phenoxy) is 1. The first-order valence-corrected chi connectivity index (χ1v) is 7.06. The maximum absolute atomic E-state index is 5.97. The van der Waals surface area contributed by atoms with E-state index in [0.717, 1.165) is 22.3 Å². The first-order valence-electron chi connectivity index (χ1n) is 7.06. The van der Waals surface area contributed by atoms with Crippen molar-refractivity contribution in [2.75, 3.05) is 5.73 Å². The van der Waals surface area contributed by atoms with E-state index < -0.39 is 0 Å². The van der Waals surface area contributed by atoms with Crippen LogP contribution < -0.4 is 10.5 Å². The fourth-order valence-electron chi connectivity index (χ4n) is 2.35. The van der Waals surface area contributed by atoms with Crippen LogP contribution in [0.5, 0.6) is 11.6 Å². The number of nitrogen functional groups attached to an aromatic ring is 1. The van der Waals surface area contributed by atoms with Crippen LogP contribution in [-0.4, -0.2) is 4.98 Å². The van der Waals surface area contributed by atoms with Crippen molar-refractivity contribution >= 4 is 16.6 Å². The summed E-state index contributed by atoms with van der Waals surface area (Å²) in [7, 11) is 0. The molecule has 3 heteroatoms. The minimum absolute atomic E-state index is 0.404. The Balaban J connectivity index is 1.97. The van der Waals surface area contributed by atoms with E-state index in [0.29, 0.717) is 11.8 Å². The molecule has 0 amide bonds. The van der Waals surface area contributed by atoms with Gasteiger partial charge in [-0.05, 0) is 41.8 Å². The molecule has 0 atom stereocenters. The van der Waals surface area contributed by atoms with Crippen LogP contribution in [0.25, 0.3) is 10.9 Å². The average molecular weight is 278 g/mol. The lowest BCUT2D eigenvalue weighted by atomic mass is 10.0. The second-order valence-electron chi connectivity index (χ2n) is 5.40. The maximum atomic E-state index is 5.97. The smallest absolute Gasteiger partial charge is 0.219 e. The number of aromatic nitrogens is 1. The van der Waals surface area contributed by atoms with Gasteiger partial charge in [-0.15, -0.1) is 0 Å². The Morgan fingerprint density at radius 3 is 2.62 bits per heavy atom. The van der Waals surface area contributed by atoms with E-state index in [2.05, 4.69) is 24.9 Å². The molecule has 0 aliphatic rings. The lowest BCUT2D eigenvalue weighted by molar-refractivity contribution is 0.456. The Kier molecular flexibility index (Phi) is 3.48. The molecule has 0 spiro atoms. The number of anilines is 1. The molecule has 106 valence electrons. The van der Waals surface area contributed by atoms with Crippen molar-refractivity contribution in [2.45, 2.75) is 19.8 Å². The van der Waals surface area contributed by atoms with Crippen molar-refractivity contribution in [1.82, 2.24) is 4.98 Å². The summed E-state index contributed by atoms with van der Waals surface area (Å²) in [5.41, 5.74) is 8.57. The fourth-order valence-corrected chi connectivity index (χ4v) is 2.35. The normalized spacial score (nSPS) is 11.0. The lowest BCUT2D eigenvalue weighted by Crippen LogP contribution is -1.95. The molecule has 0 bridgehead atoms. The molecule has 0 aliphatic heterocycles. The highest BCUT2D eigenvalue weighted by Gasteiger charge is 2.09. The summed E-state index contributed by atoms with van der Waals surface area (Å²) >= 11 is 0. The molecular weight excluding hydrogens is 260 g/mol. The Bertz CT molecular complexity index is 781. The number of hydrogen-bond donors (Lipinski definition) is 1. The summed E-state index contributed by atoms with van der Waals surface area (Å²) in [5.74, 6) is 1.86. The molecule has 3 nitrogen and oxygen atoms in total. The first-order chi connectivity index (χ1) is 10.1. The van der Waals surface area contributed by atoms with E-state index in [1.165, 1.54) is 5.56 Å². The van der Waals surface area contributed by atoms with Gasteiger partial charge in [0.25, 0.3) is 0 Å². The minimum atomic E-state index is 0.404. The Labute approximate surface area is 124 Å². The zero-order chi connectivity index (χ0) is 14.8. The molecule has 0 saturated heterocycles. The lowest BCUT2D eigenvalue weighted by Gasteiger charge is -2.13. The summed E-state index contributed by atoms with van der Waals surface area (Å²) < 4.78 is 5.97. The summed E-state index contributed by atoms with van der Waals surface area (Å²) in [4.78, 5) is 4.53. The molecule has 1 heterocycles. The van der Waals surface area contributed by atoms with Crippen LogP contribution in [0, 0.1) is 0 Å². The second-order valence-corrected chi connectivity index (χ2v) is 5.40. The van der Waals surface area contributed by atoms with Gasteiger partial charge in [0.2, 0.25) is 5.88 Å². The van der Waals surface area contributed by atoms with Crippen molar-refractivity contribution in [3.8, 4) is 11.6 Å². The molecule has 0 saturated carbocycles. The third-order valence-corrected chi connectivity index (χ3v) is 3.44. The van der Waals surface area contributed by atoms with Gasteiger partial charge in [-0.1, -0.05) is 32.0 Å². The van der Waals surface area contributed by atoms with Crippen LogP contribution in [0.2, 0.25) is 0 Å². The van der Waals surface area contributed by atoms with Gasteiger partial charge in [-0.25, -0.2) is 4.98 Å². The quantitative estimate of drug-likeness (QED) is 0.704. The molecule has 0 radical (unpaired) electrons. The summed E-state index contributed by atoms with van der Waals surface area (Å²) in [6, 6.07) is 17.6. The fraction of sp³-hybridized carbons (Fsp3) is 0.167. The number of hydrogen-bond acceptors (Lipinski definition) is 3. The number of rotatable bonds is 3. The minimum Gasteiger partial charge on any atom is -0.439 e. The van der Waals surface area contributed by atoms with E-state index in [1.807, 2.05) is 48.5 Å². The molecule has 3 aromatic rings. The zero-order valence-corrected chi connectivity index (χ0v) is 12.2. The van der Waals surface area contributed by atoms with Crippen molar-refractivity contribution in [2.24, 2.45) is 0 Å². The van der Waals surface area contributed by atoms with Gasteiger partial charge in [-0.2, -0.15) is 0 Å². The first kappa shape index (κ1) is 13.4. The standard InChI is InChI=1S/C18H18N2O/c1-12(2)15-5-3-4-6-17(15)21-18-10-7-13-11-14(19)8-9-16(13)20-18/h3-12H,19H2,1-2H3. The van der Waals surface area contributed by atoms with Crippen LogP contribution in [-0.2, 0) is 0 Å². The SMILES string of the molecule is CC(C)c1ccccc1Oc1ccc2cc(N)ccc2n1. The Morgan fingerprint density at radius 1 is 1.00 bits per heavy atom. The summed E-state index contributed by atoms with van der Waals surface area (Å²) in [6.45, 7) is 4.30. The van der Waals surface area contributed by atoms with Gasteiger partial charge in [-0.3, -0.25) is 0 Å². The van der Waals surface area contributed by atoms with Crippen LogP contribution in [0.3, 0.4) is 0 Å². The largest absolute Gasteiger partial charge is 0.439 e. The summed E-state index contributed by atoms with van der Waals surface area (Å²) in [5, 5.41) is 1.01. The molecule has 2 N–H and O–H groups in total. The number of para-hydroxylation sites is 1. The number of nitrogens with zero attached hydrogens (tertiary/aromatic N) is 1. The molecule has 2 aromatic carbocycles. The highest BCUT2D eigenvalue weighted by Crippen LogP contribution is 2.30. The highest BCUT2D eigenvalue weighted by atomic mass is 16.5. The maximum Gasteiger partial charge on any atom is 0.219 e. The van der Waals surface area contributed by atoms with Crippen molar-refractivity contribution < 1.29 is 4.74 Å². The van der Waals surface area contributed by atoms with Crippen molar-refractivity contribution in [3.63, 3.8) is 0 Å². The van der Waals surface area contributed by atoms with Gasteiger partial charge in [0, 0.05) is 17.1 Å². The molecule has 0 fully saturated rings. The van der Waals surface area contributed by atoms with E-state index in [9.17, 15) is 0 Å². The number of nitrogens with two attached hydrogens (primary N) is 1. The van der Waals surface area contributed by atoms with Gasteiger partial charge in [0.15, 0.2) is 0 Å². The third kappa shape index (κ3) is 2.82. The molecule has 21 heavy (non-hydrogen) atoms. The van der Waals surface area contributed by atoms with Crippen LogP contribution in [0.15, 0.2) is 54.6 Å². The van der Waals surface area contributed by atoms with Crippen LogP contribution >= 0.6 is 0 Å². The molecule has 1 aromatic heterocycles. The Hall–Kier alpha value is -2.55. The topological polar surface area (TPSA) is 48.1 Å². The van der Waals surface area contributed by atoms with E-state index in [-0.39, 0.29) is 0 Å². The van der Waals surface area contributed by atoms with E-state index in [1.54, 1.807) is 0 Å². The monoisotopic (exact) mass is 278 g/mol. The predicted octanol–water partition coefficient (Wildman–Crippen LogP) is 4.73. The van der Waals surface area contributed by atoms with Gasteiger partial charge >= 0.3 is 0 Å². The van der Waals surface area contributed by atoms with Crippen LogP contribution in [0.4, 0.5) is 5.69 Å². The second kappa shape index (κ2) is 5.44. The highest BCUT2D eigenvalue weighted by molar-refractivity contribution is 5.82. The van der Waals surface area contributed by atoms with Gasteiger partial charge < -0.3 is 10.5 Å². The van der Waals surface area contributed by atoms with E-state index >= 15 is 0 Å². The number of pyridine rings is 1. The van der Waals surface area contributed by atoms with Crippen molar-refractivity contribution in [3.05, 3.63) is 60.2 Å². The number of fused-ring (bicyclic) bond motifs is 1. The third-order valence-electron chi connectivity index (χ3n) is 3.44. The molecule has 3 rings (SSSR count). The number of benzene rings is 2. The zero-order valence-electron chi connectivity index (χ0n) is 12.2. The van der Waals surface area contributed by atoms with Crippen LogP contribution in [0.1, 0.15) is 25.3 Å². The summed E-state index contributed by atoms with van der Waals surface area (Å²) in [6.07, 6.45) is 0. The molecule has 0 unspecified atom stereocenters. The van der Waals surface area contributed by atoms with Gasteiger partial charge in [0.05, 0.1) is 5.52 Å². The van der Waals surface area contributed by atoms with E-state index in [4.69, 9.17) is 10.5 Å². The molecular formula is C18H18N2O. The van der Waals surface area contributed by atoms with Crippen molar-refractivity contribution in [1.29, 1.82) is 0 Å². The predicted molar refractivity (Wildman–Crippen MR) is 86.8 cm³/mol. The molecule has 0 aliphatic carbocycles. The Morgan fingerprint density at radius 2 is 1.81 bits per heavy atom.